The van der Waals surface area contributed by atoms with E-state index in [-0.39, 0.29) is 17.8 Å². The number of halogens is 1. The minimum absolute atomic E-state index is 0.184. The molecule has 0 aliphatic carbocycles. The van der Waals surface area contributed by atoms with Gasteiger partial charge in [0.25, 0.3) is 0 Å². The number of nitrogens with one attached hydrogen (secondary N) is 1. The first-order chi connectivity index (χ1) is 12.3. The van der Waals surface area contributed by atoms with E-state index in [0.717, 1.165) is 28.8 Å². The first-order valence-electron chi connectivity index (χ1n) is 8.80. The van der Waals surface area contributed by atoms with Gasteiger partial charge in [-0.3, -0.25) is 5.32 Å². The average Bonchev–Trinajstić information content (AvgIpc) is 2.88. The molecule has 1 unspecified atom stereocenters. The van der Waals surface area contributed by atoms with E-state index in [9.17, 15) is 9.18 Å². The van der Waals surface area contributed by atoms with Gasteiger partial charge in [0.2, 0.25) is 5.88 Å². The molecule has 138 valence electrons. The maximum atomic E-state index is 13.6. The summed E-state index contributed by atoms with van der Waals surface area (Å²) in [6, 6.07) is 4.85. The molecule has 3 rings (SSSR count). The number of benzene rings is 1. The molecular weight excluding hydrogens is 333 g/mol. The van der Waals surface area contributed by atoms with Gasteiger partial charge < -0.3 is 9.42 Å². The predicted molar refractivity (Wildman–Crippen MR) is 99.5 cm³/mol. The van der Waals surface area contributed by atoms with Crippen molar-refractivity contribution in [2.75, 3.05) is 18.4 Å². The Morgan fingerprint density at radius 2 is 2.12 bits per heavy atom. The highest BCUT2D eigenvalue weighted by Gasteiger charge is 2.25. The molecule has 1 N–H and O–H groups in total. The van der Waals surface area contributed by atoms with Gasteiger partial charge in [-0.25, -0.2) is 9.18 Å². The summed E-state index contributed by atoms with van der Waals surface area (Å²) in [5, 5.41) is 6.64. The van der Waals surface area contributed by atoms with E-state index in [2.05, 4.69) is 17.4 Å². The first kappa shape index (κ1) is 18.2. The summed E-state index contributed by atoms with van der Waals surface area (Å²) in [6.07, 6.45) is 2.80. The summed E-state index contributed by atoms with van der Waals surface area (Å²) in [6.45, 7) is 8.89. The summed E-state index contributed by atoms with van der Waals surface area (Å²) in [4.78, 5) is 14.3. The Bertz CT molecular complexity index is 836. The zero-order valence-corrected chi connectivity index (χ0v) is 15.6. The van der Waals surface area contributed by atoms with E-state index >= 15 is 0 Å². The van der Waals surface area contributed by atoms with Crippen LogP contribution in [0.25, 0.3) is 6.08 Å². The van der Waals surface area contributed by atoms with Gasteiger partial charge in [0, 0.05) is 18.7 Å². The number of hydrogen-bond acceptors (Lipinski definition) is 3. The van der Waals surface area contributed by atoms with E-state index < -0.39 is 0 Å². The Balaban J connectivity index is 1.67. The third-order valence-corrected chi connectivity index (χ3v) is 4.88. The van der Waals surface area contributed by atoms with Gasteiger partial charge in [-0.15, -0.1) is 0 Å². The number of aryl methyl sites for hydroxylation is 2. The number of urea groups is 1. The molecule has 1 aliphatic rings. The molecule has 1 atom stereocenters. The summed E-state index contributed by atoms with van der Waals surface area (Å²) in [5.41, 5.74) is 4.60. The Kier molecular flexibility index (Phi) is 5.11. The molecule has 5 nitrogen and oxygen atoms in total. The van der Waals surface area contributed by atoms with Crippen molar-refractivity contribution < 1.29 is 13.7 Å². The number of hydrogen-bond donors (Lipinski definition) is 1. The van der Waals surface area contributed by atoms with Crippen LogP contribution in [0, 0.1) is 32.5 Å². The number of amides is 2. The third-order valence-electron chi connectivity index (χ3n) is 4.88. The van der Waals surface area contributed by atoms with E-state index in [1.54, 1.807) is 11.0 Å². The molecule has 1 fully saturated rings. The van der Waals surface area contributed by atoms with Crippen LogP contribution in [0.3, 0.4) is 0 Å². The fraction of sp³-hybridized carbons (Fsp3) is 0.400. The highest BCUT2D eigenvalue weighted by atomic mass is 19.1. The lowest BCUT2D eigenvalue weighted by Gasteiger charge is -2.33. The van der Waals surface area contributed by atoms with Crippen LogP contribution in [0.4, 0.5) is 15.1 Å². The van der Waals surface area contributed by atoms with Gasteiger partial charge in [0.15, 0.2) is 0 Å². The normalized spacial score (nSPS) is 19.0. The quantitative estimate of drug-likeness (QED) is 0.848. The predicted octanol–water partition coefficient (Wildman–Crippen LogP) is 4.70. The summed E-state index contributed by atoms with van der Waals surface area (Å²) >= 11 is 0. The van der Waals surface area contributed by atoms with Gasteiger partial charge >= 0.3 is 6.03 Å². The highest BCUT2D eigenvalue weighted by molar-refractivity contribution is 5.88. The standard InChI is InChI=1S/C20H24FN3O2/c1-12-7-16(10-18(21)8-12)9-17-5-6-24(11-13(17)2)20(25)22-19-14(3)15(4)23-26-19/h7-10,13H,5-6,11H2,1-4H3,(H,22,25). The fourth-order valence-corrected chi connectivity index (χ4v) is 3.22. The lowest BCUT2D eigenvalue weighted by molar-refractivity contribution is 0.197. The summed E-state index contributed by atoms with van der Waals surface area (Å²) in [7, 11) is 0. The van der Waals surface area contributed by atoms with Crippen LogP contribution in [0.5, 0.6) is 0 Å². The van der Waals surface area contributed by atoms with Crippen molar-refractivity contribution in [2.45, 2.75) is 34.1 Å². The molecule has 6 heteroatoms. The van der Waals surface area contributed by atoms with Gasteiger partial charge in [0.1, 0.15) is 5.82 Å². The number of rotatable bonds is 2. The average molecular weight is 357 g/mol. The number of aromatic nitrogens is 1. The highest BCUT2D eigenvalue weighted by Crippen LogP contribution is 2.26. The number of likely N-dealkylation sites (tertiary alicyclic amines) is 1. The van der Waals surface area contributed by atoms with Gasteiger partial charge in [-0.05, 0) is 56.4 Å². The largest absolute Gasteiger partial charge is 0.338 e. The van der Waals surface area contributed by atoms with E-state index in [1.807, 2.05) is 32.9 Å². The molecule has 0 spiro atoms. The topological polar surface area (TPSA) is 58.4 Å². The fourth-order valence-electron chi connectivity index (χ4n) is 3.22. The van der Waals surface area contributed by atoms with Crippen molar-refractivity contribution in [1.29, 1.82) is 0 Å². The number of piperidine rings is 1. The van der Waals surface area contributed by atoms with Gasteiger partial charge in [-0.1, -0.05) is 29.8 Å². The zero-order chi connectivity index (χ0) is 18.8. The molecular formula is C20H24FN3O2. The molecule has 2 aromatic rings. The molecule has 1 aromatic heterocycles. The zero-order valence-electron chi connectivity index (χ0n) is 15.6. The van der Waals surface area contributed by atoms with Gasteiger partial charge in [-0.2, -0.15) is 0 Å². The Morgan fingerprint density at radius 1 is 1.35 bits per heavy atom. The van der Waals surface area contributed by atoms with Crippen molar-refractivity contribution in [3.8, 4) is 0 Å². The van der Waals surface area contributed by atoms with E-state index in [4.69, 9.17) is 4.52 Å². The van der Waals surface area contributed by atoms with Crippen LogP contribution in [0.1, 0.15) is 35.7 Å². The molecule has 2 heterocycles. The minimum Gasteiger partial charge on any atom is -0.338 e. The monoisotopic (exact) mass is 357 g/mol. The maximum Gasteiger partial charge on any atom is 0.324 e. The second-order valence-electron chi connectivity index (χ2n) is 7.03. The van der Waals surface area contributed by atoms with Crippen LogP contribution < -0.4 is 5.32 Å². The molecule has 1 aromatic carbocycles. The molecule has 0 radical (unpaired) electrons. The second kappa shape index (κ2) is 7.32. The number of carbonyl (C=O) groups excluding carboxylic acids is 1. The van der Waals surface area contributed by atoms with E-state index in [1.165, 1.54) is 11.6 Å². The Hall–Kier alpha value is -2.63. The number of anilines is 1. The van der Waals surface area contributed by atoms with Crippen molar-refractivity contribution in [1.82, 2.24) is 10.1 Å². The minimum atomic E-state index is -0.223. The lowest BCUT2D eigenvalue weighted by Crippen LogP contribution is -2.42. The lowest BCUT2D eigenvalue weighted by atomic mass is 9.91. The number of carbonyl (C=O) groups is 1. The van der Waals surface area contributed by atoms with Crippen molar-refractivity contribution >= 4 is 18.0 Å². The van der Waals surface area contributed by atoms with Gasteiger partial charge in [0.05, 0.1) is 5.69 Å². The SMILES string of the molecule is Cc1cc(F)cc(C=C2CCN(C(=O)Nc3onc(C)c3C)CC2C)c1. The summed E-state index contributed by atoms with van der Waals surface area (Å²) < 4.78 is 18.7. The second-order valence-corrected chi connectivity index (χ2v) is 7.03. The van der Waals surface area contributed by atoms with E-state index in [0.29, 0.717) is 19.0 Å². The van der Waals surface area contributed by atoms with Crippen LogP contribution in [0.15, 0.2) is 28.3 Å². The molecule has 1 aliphatic heterocycles. The van der Waals surface area contributed by atoms with Crippen LogP contribution in [-0.2, 0) is 0 Å². The Morgan fingerprint density at radius 3 is 2.73 bits per heavy atom. The molecule has 0 bridgehead atoms. The van der Waals surface area contributed by atoms with Crippen LogP contribution in [-0.4, -0.2) is 29.2 Å². The molecule has 26 heavy (non-hydrogen) atoms. The van der Waals surface area contributed by atoms with Crippen molar-refractivity contribution in [2.24, 2.45) is 5.92 Å². The summed E-state index contributed by atoms with van der Waals surface area (Å²) in [5.74, 6) is 0.381. The molecule has 1 saturated heterocycles. The van der Waals surface area contributed by atoms with Crippen LogP contribution >= 0.6 is 0 Å². The smallest absolute Gasteiger partial charge is 0.324 e. The van der Waals surface area contributed by atoms with Crippen molar-refractivity contribution in [3.05, 3.63) is 52.0 Å². The Labute approximate surface area is 152 Å². The first-order valence-corrected chi connectivity index (χ1v) is 8.80. The van der Waals surface area contributed by atoms with Crippen molar-refractivity contribution in [3.63, 3.8) is 0 Å². The number of nitrogens with zero attached hydrogens (tertiary/aromatic N) is 2. The maximum absolute atomic E-state index is 13.6. The molecule has 0 saturated carbocycles. The van der Waals surface area contributed by atoms with Crippen LogP contribution in [0.2, 0.25) is 0 Å². The molecule has 2 amide bonds. The third kappa shape index (κ3) is 3.95.